The molecule has 0 spiro atoms. The molecule has 1 atom stereocenters. The van der Waals surface area contributed by atoms with Gasteiger partial charge in [0.05, 0.1) is 18.1 Å². The molecule has 1 aromatic rings. The first-order chi connectivity index (χ1) is 11.9. The molecule has 0 amide bonds. The van der Waals surface area contributed by atoms with Gasteiger partial charge < -0.3 is 9.47 Å². The predicted molar refractivity (Wildman–Crippen MR) is 90.1 cm³/mol. The Balaban J connectivity index is 2.54. The second-order valence-electron chi connectivity index (χ2n) is 5.89. The van der Waals surface area contributed by atoms with Gasteiger partial charge in [0.1, 0.15) is 0 Å². The number of ether oxygens (including phenoxy) is 2. The molecule has 0 aromatic heterocycles. The third kappa shape index (κ3) is 3.40. The highest BCUT2D eigenvalue weighted by Gasteiger charge is 2.53. The summed E-state index contributed by atoms with van der Waals surface area (Å²) in [6.07, 6.45) is 1.79. The topological polar surface area (TPSA) is 95.7 Å². The Bertz CT molecular complexity index is 694. The third-order valence-electron chi connectivity index (χ3n) is 4.42. The lowest BCUT2D eigenvalue weighted by molar-refractivity contribution is -0.385. The molecule has 0 saturated carbocycles. The van der Waals surface area contributed by atoms with Crippen molar-refractivity contribution in [1.82, 2.24) is 0 Å². The normalized spacial score (nSPS) is 17.9. The number of carbonyl (C=O) groups excluding carboxylic acids is 2. The average molecular weight is 347 g/mol. The van der Waals surface area contributed by atoms with Crippen LogP contribution in [0, 0.1) is 15.5 Å². The molecule has 7 heteroatoms. The van der Waals surface area contributed by atoms with E-state index in [1.165, 1.54) is 12.1 Å². The van der Waals surface area contributed by atoms with Crippen molar-refractivity contribution in [3.63, 3.8) is 0 Å². The van der Waals surface area contributed by atoms with E-state index in [2.05, 4.69) is 6.58 Å². The van der Waals surface area contributed by atoms with E-state index in [1.54, 1.807) is 26.0 Å². The molecule has 0 fully saturated rings. The first kappa shape index (κ1) is 18.6. The monoisotopic (exact) mass is 347 g/mol. The van der Waals surface area contributed by atoms with Gasteiger partial charge in [-0.1, -0.05) is 12.1 Å². The number of hydrogen-bond donors (Lipinski definition) is 0. The zero-order chi connectivity index (χ0) is 18.6. The van der Waals surface area contributed by atoms with Crippen molar-refractivity contribution < 1.29 is 24.0 Å². The lowest BCUT2D eigenvalue weighted by atomic mass is 9.66. The maximum atomic E-state index is 12.6. The fraction of sp³-hybridized carbons (Fsp3) is 0.444. The molecule has 134 valence electrons. The minimum Gasteiger partial charge on any atom is -0.465 e. The van der Waals surface area contributed by atoms with Crippen LogP contribution in [0.5, 0.6) is 0 Å². The Morgan fingerprint density at radius 1 is 1.32 bits per heavy atom. The SMILES string of the molecule is C=CC1CC(C(=O)OCC)(C(=O)OCC)Cc2ccc([N+](=O)[O-])cc21. The minimum atomic E-state index is -1.46. The quantitative estimate of drug-likeness (QED) is 0.258. The van der Waals surface area contributed by atoms with E-state index in [0.29, 0.717) is 11.1 Å². The molecule has 0 radical (unpaired) electrons. The van der Waals surface area contributed by atoms with E-state index in [0.717, 1.165) is 0 Å². The first-order valence-electron chi connectivity index (χ1n) is 8.13. The summed E-state index contributed by atoms with van der Waals surface area (Å²) in [6.45, 7) is 7.39. The number of carbonyl (C=O) groups is 2. The Labute approximate surface area is 145 Å². The van der Waals surface area contributed by atoms with Crippen LogP contribution in [-0.4, -0.2) is 30.1 Å². The summed E-state index contributed by atoms with van der Waals surface area (Å²) in [4.78, 5) is 35.8. The number of fused-ring (bicyclic) bond motifs is 1. The van der Waals surface area contributed by atoms with E-state index in [-0.39, 0.29) is 31.7 Å². The van der Waals surface area contributed by atoms with Gasteiger partial charge >= 0.3 is 11.9 Å². The van der Waals surface area contributed by atoms with E-state index >= 15 is 0 Å². The van der Waals surface area contributed by atoms with E-state index in [9.17, 15) is 19.7 Å². The summed E-state index contributed by atoms with van der Waals surface area (Å²) in [5, 5.41) is 11.0. The summed E-state index contributed by atoms with van der Waals surface area (Å²) in [6, 6.07) is 4.42. The average Bonchev–Trinajstić information content (AvgIpc) is 2.60. The molecule has 0 saturated heterocycles. The largest absolute Gasteiger partial charge is 0.465 e. The van der Waals surface area contributed by atoms with Crippen LogP contribution in [0.1, 0.15) is 37.3 Å². The second-order valence-corrected chi connectivity index (χ2v) is 5.89. The predicted octanol–water partition coefficient (Wildman–Crippen LogP) is 2.92. The molecule has 1 unspecified atom stereocenters. The number of esters is 2. The maximum Gasteiger partial charge on any atom is 0.323 e. The Morgan fingerprint density at radius 3 is 2.40 bits per heavy atom. The van der Waals surface area contributed by atoms with Gasteiger partial charge in [0.25, 0.3) is 5.69 Å². The van der Waals surface area contributed by atoms with Crippen molar-refractivity contribution in [3.8, 4) is 0 Å². The molecule has 25 heavy (non-hydrogen) atoms. The number of rotatable bonds is 6. The summed E-state index contributed by atoms with van der Waals surface area (Å²) >= 11 is 0. The van der Waals surface area contributed by atoms with Gasteiger partial charge in [-0.3, -0.25) is 19.7 Å². The zero-order valence-corrected chi connectivity index (χ0v) is 14.3. The fourth-order valence-electron chi connectivity index (χ4n) is 3.23. The molecule has 0 heterocycles. The lowest BCUT2D eigenvalue weighted by Crippen LogP contribution is -2.47. The first-order valence-corrected chi connectivity index (χ1v) is 8.13. The fourth-order valence-corrected chi connectivity index (χ4v) is 3.23. The highest BCUT2D eigenvalue weighted by molar-refractivity contribution is 6.01. The molecule has 1 aliphatic rings. The van der Waals surface area contributed by atoms with Crippen LogP contribution >= 0.6 is 0 Å². The number of nitro benzene ring substituents is 1. The second kappa shape index (κ2) is 7.46. The zero-order valence-electron chi connectivity index (χ0n) is 14.3. The van der Waals surface area contributed by atoms with Crippen LogP contribution in [0.25, 0.3) is 0 Å². The number of nitro groups is 1. The smallest absolute Gasteiger partial charge is 0.323 e. The molecular weight excluding hydrogens is 326 g/mol. The van der Waals surface area contributed by atoms with Gasteiger partial charge in [0.15, 0.2) is 5.41 Å². The molecule has 1 aromatic carbocycles. The molecule has 0 bridgehead atoms. The summed E-state index contributed by atoms with van der Waals surface area (Å²) in [5.41, 5.74) is -0.116. The number of allylic oxidation sites excluding steroid dienone is 1. The Kier molecular flexibility index (Phi) is 5.56. The van der Waals surface area contributed by atoms with Crippen LogP contribution in [0.2, 0.25) is 0 Å². The molecule has 7 nitrogen and oxygen atoms in total. The highest BCUT2D eigenvalue weighted by atomic mass is 16.6. The standard InChI is InChI=1S/C18H21NO6/c1-4-12-10-18(16(20)24-5-2,17(21)25-6-3)11-13-7-8-14(19(22)23)9-15(12)13/h4,7-9,12H,1,5-6,10-11H2,2-3H3. The van der Waals surface area contributed by atoms with Crippen LogP contribution in [0.4, 0.5) is 5.69 Å². The summed E-state index contributed by atoms with van der Waals surface area (Å²) in [7, 11) is 0. The molecule has 2 rings (SSSR count). The van der Waals surface area contributed by atoms with Crippen molar-refractivity contribution in [2.24, 2.45) is 5.41 Å². The minimum absolute atomic E-state index is 0.0367. The number of nitrogens with zero attached hydrogens (tertiary/aromatic N) is 1. The Hall–Kier alpha value is -2.70. The molecule has 0 aliphatic heterocycles. The van der Waals surface area contributed by atoms with Gasteiger partial charge in [0, 0.05) is 18.1 Å². The van der Waals surface area contributed by atoms with Crippen molar-refractivity contribution in [1.29, 1.82) is 0 Å². The number of hydrogen-bond acceptors (Lipinski definition) is 6. The maximum absolute atomic E-state index is 12.6. The Morgan fingerprint density at radius 2 is 1.92 bits per heavy atom. The number of benzene rings is 1. The van der Waals surface area contributed by atoms with Gasteiger partial charge in [-0.05, 0) is 37.8 Å². The van der Waals surface area contributed by atoms with Gasteiger partial charge in [-0.15, -0.1) is 6.58 Å². The van der Waals surface area contributed by atoms with Crippen molar-refractivity contribution in [3.05, 3.63) is 52.1 Å². The van der Waals surface area contributed by atoms with Crippen LogP contribution < -0.4 is 0 Å². The highest BCUT2D eigenvalue weighted by Crippen LogP contribution is 2.45. The van der Waals surface area contributed by atoms with Gasteiger partial charge in [-0.25, -0.2) is 0 Å². The van der Waals surface area contributed by atoms with Crippen LogP contribution in [0.15, 0.2) is 30.9 Å². The summed E-state index contributed by atoms with van der Waals surface area (Å²) < 4.78 is 10.3. The van der Waals surface area contributed by atoms with Crippen molar-refractivity contribution >= 4 is 17.6 Å². The number of non-ortho nitro benzene ring substituents is 1. The van der Waals surface area contributed by atoms with Crippen LogP contribution in [0.3, 0.4) is 0 Å². The third-order valence-corrected chi connectivity index (χ3v) is 4.42. The van der Waals surface area contributed by atoms with E-state index < -0.39 is 28.2 Å². The molecule has 1 aliphatic carbocycles. The molecule has 0 N–H and O–H groups in total. The van der Waals surface area contributed by atoms with Crippen LogP contribution in [-0.2, 0) is 25.5 Å². The van der Waals surface area contributed by atoms with Gasteiger partial charge in [0.2, 0.25) is 0 Å². The lowest BCUT2D eigenvalue weighted by Gasteiger charge is -2.37. The molecular formula is C18H21NO6. The van der Waals surface area contributed by atoms with Crippen molar-refractivity contribution in [2.45, 2.75) is 32.6 Å². The van der Waals surface area contributed by atoms with Gasteiger partial charge in [-0.2, -0.15) is 0 Å². The van der Waals surface area contributed by atoms with Crippen molar-refractivity contribution in [2.75, 3.05) is 13.2 Å². The van der Waals surface area contributed by atoms with E-state index in [4.69, 9.17) is 9.47 Å². The summed E-state index contributed by atoms with van der Waals surface area (Å²) in [5.74, 6) is -1.66. The van der Waals surface area contributed by atoms with E-state index in [1.807, 2.05) is 0 Å².